The maximum atomic E-state index is 12.0. The molecule has 0 spiro atoms. The van der Waals surface area contributed by atoms with Crippen LogP contribution in [0.3, 0.4) is 0 Å². The second-order valence-corrected chi connectivity index (χ2v) is 4.98. The third-order valence-electron chi connectivity index (χ3n) is 2.35. The van der Waals surface area contributed by atoms with Crippen LogP contribution in [0.15, 0.2) is 16.7 Å². The molecule has 1 unspecified atom stereocenters. The SMILES string of the molecule is CCCn1cc(Br)cc1C(=O)NC(C)COC. The zero-order chi connectivity index (χ0) is 12.8. The molecular formula is C12H19BrN2O2. The van der Waals surface area contributed by atoms with E-state index >= 15 is 0 Å². The van der Waals surface area contributed by atoms with E-state index in [-0.39, 0.29) is 11.9 Å². The Bertz CT molecular complexity index is 377. The third-order valence-corrected chi connectivity index (χ3v) is 2.79. The molecule has 0 radical (unpaired) electrons. The van der Waals surface area contributed by atoms with Crippen LogP contribution in [0.4, 0.5) is 0 Å². The van der Waals surface area contributed by atoms with Crippen LogP contribution in [0.25, 0.3) is 0 Å². The highest BCUT2D eigenvalue weighted by molar-refractivity contribution is 9.10. The van der Waals surface area contributed by atoms with Gasteiger partial charge >= 0.3 is 0 Å². The molecule has 1 rings (SSSR count). The predicted molar refractivity (Wildman–Crippen MR) is 71.2 cm³/mol. The van der Waals surface area contributed by atoms with Crippen LogP contribution in [0, 0.1) is 0 Å². The largest absolute Gasteiger partial charge is 0.383 e. The number of carbonyl (C=O) groups excluding carboxylic acids is 1. The van der Waals surface area contributed by atoms with E-state index in [1.165, 1.54) is 0 Å². The van der Waals surface area contributed by atoms with Gasteiger partial charge < -0.3 is 14.6 Å². The molecule has 5 heteroatoms. The van der Waals surface area contributed by atoms with Crippen LogP contribution in [0.2, 0.25) is 0 Å². The van der Waals surface area contributed by atoms with E-state index in [9.17, 15) is 4.79 Å². The van der Waals surface area contributed by atoms with Crippen LogP contribution in [0.5, 0.6) is 0 Å². The molecule has 1 amide bonds. The van der Waals surface area contributed by atoms with E-state index < -0.39 is 0 Å². The number of amides is 1. The van der Waals surface area contributed by atoms with Gasteiger partial charge in [0.2, 0.25) is 0 Å². The second-order valence-electron chi connectivity index (χ2n) is 4.07. The number of hydrogen-bond donors (Lipinski definition) is 1. The average molecular weight is 303 g/mol. The Hall–Kier alpha value is -0.810. The van der Waals surface area contributed by atoms with Crippen molar-refractivity contribution in [2.45, 2.75) is 32.9 Å². The van der Waals surface area contributed by atoms with Gasteiger partial charge in [-0.2, -0.15) is 0 Å². The maximum Gasteiger partial charge on any atom is 0.268 e. The molecule has 4 nitrogen and oxygen atoms in total. The molecule has 17 heavy (non-hydrogen) atoms. The molecule has 1 N–H and O–H groups in total. The summed E-state index contributed by atoms with van der Waals surface area (Å²) < 4.78 is 7.88. The van der Waals surface area contributed by atoms with Gasteiger partial charge in [-0.25, -0.2) is 0 Å². The van der Waals surface area contributed by atoms with Crippen LogP contribution < -0.4 is 5.32 Å². The number of methoxy groups -OCH3 is 1. The van der Waals surface area contributed by atoms with Crippen molar-refractivity contribution in [3.05, 3.63) is 22.4 Å². The molecule has 96 valence electrons. The minimum absolute atomic E-state index is 0.0104. The lowest BCUT2D eigenvalue weighted by atomic mass is 10.3. The number of nitrogens with one attached hydrogen (secondary N) is 1. The molecule has 0 aliphatic heterocycles. The Balaban J connectivity index is 2.73. The smallest absolute Gasteiger partial charge is 0.268 e. The van der Waals surface area contributed by atoms with Gasteiger partial charge in [-0.15, -0.1) is 0 Å². The fraction of sp³-hybridized carbons (Fsp3) is 0.583. The van der Waals surface area contributed by atoms with E-state index in [1.54, 1.807) is 7.11 Å². The lowest BCUT2D eigenvalue weighted by Gasteiger charge is -2.13. The van der Waals surface area contributed by atoms with Crippen LogP contribution in [-0.4, -0.2) is 30.2 Å². The second kappa shape index (κ2) is 6.81. The molecule has 1 atom stereocenters. The molecule has 0 fully saturated rings. The molecular weight excluding hydrogens is 284 g/mol. The summed E-state index contributed by atoms with van der Waals surface area (Å²) in [6.07, 6.45) is 2.93. The summed E-state index contributed by atoms with van der Waals surface area (Å²) in [5.41, 5.74) is 0.682. The average Bonchev–Trinajstić information content (AvgIpc) is 2.60. The lowest BCUT2D eigenvalue weighted by molar-refractivity contribution is 0.0896. The zero-order valence-electron chi connectivity index (χ0n) is 10.5. The highest BCUT2D eigenvalue weighted by atomic mass is 79.9. The summed E-state index contributed by atoms with van der Waals surface area (Å²) in [5.74, 6) is -0.0614. The van der Waals surface area contributed by atoms with Crippen molar-refractivity contribution in [1.82, 2.24) is 9.88 Å². The molecule has 1 aromatic heterocycles. The van der Waals surface area contributed by atoms with Crippen LogP contribution in [0.1, 0.15) is 30.8 Å². The molecule has 0 aliphatic carbocycles. The van der Waals surface area contributed by atoms with Gasteiger partial charge in [-0.1, -0.05) is 6.92 Å². The maximum absolute atomic E-state index is 12.0. The summed E-state index contributed by atoms with van der Waals surface area (Å²) in [7, 11) is 1.62. The monoisotopic (exact) mass is 302 g/mol. The number of halogens is 1. The van der Waals surface area contributed by atoms with Crippen molar-refractivity contribution in [3.63, 3.8) is 0 Å². The first-order chi connectivity index (χ1) is 8.08. The molecule has 0 bridgehead atoms. The lowest BCUT2D eigenvalue weighted by Crippen LogP contribution is -2.36. The number of hydrogen-bond acceptors (Lipinski definition) is 2. The highest BCUT2D eigenvalue weighted by Crippen LogP contribution is 2.15. The minimum atomic E-state index is -0.0614. The fourth-order valence-electron chi connectivity index (χ4n) is 1.68. The van der Waals surface area contributed by atoms with E-state index in [4.69, 9.17) is 4.74 Å². The first-order valence-electron chi connectivity index (χ1n) is 5.74. The van der Waals surface area contributed by atoms with Gasteiger partial charge in [-0.05, 0) is 35.3 Å². The van der Waals surface area contributed by atoms with Gasteiger partial charge in [-0.3, -0.25) is 4.79 Å². The first kappa shape index (κ1) is 14.3. The number of carbonyl (C=O) groups is 1. The molecule has 1 aromatic rings. The Kier molecular flexibility index (Phi) is 5.71. The van der Waals surface area contributed by atoms with Crippen LogP contribution in [-0.2, 0) is 11.3 Å². The number of rotatable bonds is 6. The summed E-state index contributed by atoms with van der Waals surface area (Å²) in [4.78, 5) is 12.0. The van der Waals surface area contributed by atoms with Crippen molar-refractivity contribution in [1.29, 1.82) is 0 Å². The van der Waals surface area contributed by atoms with Crippen LogP contribution >= 0.6 is 15.9 Å². The van der Waals surface area contributed by atoms with E-state index in [0.29, 0.717) is 12.3 Å². The topological polar surface area (TPSA) is 43.3 Å². The van der Waals surface area contributed by atoms with Crippen molar-refractivity contribution in [3.8, 4) is 0 Å². The fourth-order valence-corrected chi connectivity index (χ4v) is 2.14. The molecule has 0 saturated carbocycles. The number of aryl methyl sites for hydroxylation is 1. The summed E-state index contributed by atoms with van der Waals surface area (Å²) >= 11 is 3.39. The molecule has 1 heterocycles. The predicted octanol–water partition coefficient (Wildman–Crippen LogP) is 2.43. The third kappa shape index (κ3) is 4.16. The van der Waals surface area contributed by atoms with E-state index in [2.05, 4.69) is 28.2 Å². The van der Waals surface area contributed by atoms with Crippen molar-refractivity contribution >= 4 is 21.8 Å². The Morgan fingerprint density at radius 3 is 2.94 bits per heavy atom. The first-order valence-corrected chi connectivity index (χ1v) is 6.53. The van der Waals surface area contributed by atoms with Gasteiger partial charge in [0.05, 0.1) is 6.61 Å². The van der Waals surface area contributed by atoms with E-state index in [0.717, 1.165) is 17.4 Å². The van der Waals surface area contributed by atoms with Gasteiger partial charge in [0.25, 0.3) is 5.91 Å². The number of nitrogens with zero attached hydrogens (tertiary/aromatic N) is 1. The summed E-state index contributed by atoms with van der Waals surface area (Å²) in [6.45, 7) is 5.36. The zero-order valence-corrected chi connectivity index (χ0v) is 12.1. The van der Waals surface area contributed by atoms with Crippen molar-refractivity contribution in [2.24, 2.45) is 0 Å². The standard InChI is InChI=1S/C12H19BrN2O2/c1-4-5-15-7-10(13)6-11(15)12(16)14-9(2)8-17-3/h6-7,9H,4-5,8H2,1-3H3,(H,14,16). The van der Waals surface area contributed by atoms with Crippen molar-refractivity contribution < 1.29 is 9.53 Å². The molecule has 0 aliphatic rings. The molecule has 0 aromatic carbocycles. The Morgan fingerprint density at radius 1 is 1.65 bits per heavy atom. The molecule has 0 saturated heterocycles. The highest BCUT2D eigenvalue weighted by Gasteiger charge is 2.14. The van der Waals surface area contributed by atoms with Crippen molar-refractivity contribution in [2.75, 3.05) is 13.7 Å². The van der Waals surface area contributed by atoms with Gasteiger partial charge in [0.15, 0.2) is 0 Å². The van der Waals surface area contributed by atoms with E-state index in [1.807, 2.05) is 23.8 Å². The van der Waals surface area contributed by atoms with Gasteiger partial charge in [0, 0.05) is 30.4 Å². The normalized spacial score (nSPS) is 12.5. The quantitative estimate of drug-likeness (QED) is 0.877. The number of ether oxygens (including phenoxy) is 1. The number of aromatic nitrogens is 1. The Labute approximate surface area is 110 Å². The Morgan fingerprint density at radius 2 is 2.35 bits per heavy atom. The van der Waals surface area contributed by atoms with Gasteiger partial charge in [0.1, 0.15) is 5.69 Å². The minimum Gasteiger partial charge on any atom is -0.383 e. The summed E-state index contributed by atoms with van der Waals surface area (Å²) in [5, 5.41) is 2.90. The summed E-state index contributed by atoms with van der Waals surface area (Å²) in [6, 6.07) is 1.85.